The van der Waals surface area contributed by atoms with Crippen molar-refractivity contribution in [2.24, 2.45) is 5.10 Å². The molecule has 7 heteroatoms. The Bertz CT molecular complexity index is 1330. The number of pyridine rings is 2. The number of nitriles is 1. The van der Waals surface area contributed by atoms with Crippen molar-refractivity contribution in [1.82, 2.24) is 19.4 Å². The van der Waals surface area contributed by atoms with E-state index in [2.05, 4.69) is 10.1 Å². The lowest BCUT2D eigenvalue weighted by atomic mass is 10.1. The number of hydrogen-bond donors (Lipinski definition) is 0. The van der Waals surface area contributed by atoms with Gasteiger partial charge in [0.2, 0.25) is 0 Å². The van der Waals surface area contributed by atoms with Gasteiger partial charge in [0.25, 0.3) is 5.56 Å². The maximum absolute atomic E-state index is 12.6. The molecule has 0 N–H and O–H groups in total. The first-order valence-electron chi connectivity index (χ1n) is 9.31. The van der Waals surface area contributed by atoms with Crippen molar-refractivity contribution < 1.29 is 0 Å². The van der Waals surface area contributed by atoms with Gasteiger partial charge in [-0.15, -0.1) is 0 Å². The number of rotatable bonds is 4. The van der Waals surface area contributed by atoms with Gasteiger partial charge in [0.1, 0.15) is 17.3 Å². The Labute approximate surface area is 173 Å². The van der Waals surface area contributed by atoms with Crippen LogP contribution >= 0.6 is 0 Å². The minimum atomic E-state index is -0.438. The van der Waals surface area contributed by atoms with Crippen LogP contribution in [0.15, 0.2) is 77.0 Å². The number of benzene rings is 1. The molecule has 7 nitrogen and oxygen atoms in total. The Morgan fingerprint density at radius 3 is 2.53 bits per heavy atom. The monoisotopic (exact) mass is 394 g/mol. The van der Waals surface area contributed by atoms with E-state index >= 15 is 0 Å². The van der Waals surface area contributed by atoms with Crippen molar-refractivity contribution in [3.8, 4) is 23.0 Å². The molecular formula is C23H18N6O. The molecule has 0 saturated heterocycles. The Morgan fingerprint density at radius 1 is 1.10 bits per heavy atom. The van der Waals surface area contributed by atoms with E-state index in [4.69, 9.17) is 5.10 Å². The second kappa shape index (κ2) is 7.97. The highest BCUT2D eigenvalue weighted by Crippen LogP contribution is 2.22. The molecule has 0 bridgehead atoms. The molecule has 0 aliphatic rings. The third kappa shape index (κ3) is 3.54. The van der Waals surface area contributed by atoms with Crippen LogP contribution in [-0.4, -0.2) is 25.7 Å². The lowest BCUT2D eigenvalue weighted by Crippen LogP contribution is -2.22. The number of aryl methyl sites for hydroxylation is 2. The fourth-order valence-corrected chi connectivity index (χ4v) is 3.21. The minimum absolute atomic E-state index is 0.0899. The van der Waals surface area contributed by atoms with E-state index in [0.29, 0.717) is 17.0 Å². The molecule has 0 radical (unpaired) electrons. The van der Waals surface area contributed by atoms with Gasteiger partial charge in [-0.2, -0.15) is 15.5 Å². The Kier molecular flexibility index (Phi) is 5.06. The van der Waals surface area contributed by atoms with Crippen molar-refractivity contribution in [3.63, 3.8) is 0 Å². The summed E-state index contributed by atoms with van der Waals surface area (Å²) in [6.45, 7) is 3.52. The van der Waals surface area contributed by atoms with Gasteiger partial charge in [-0.05, 0) is 49.7 Å². The van der Waals surface area contributed by atoms with Crippen LogP contribution in [0.5, 0.6) is 0 Å². The van der Waals surface area contributed by atoms with E-state index in [1.807, 2.05) is 54.7 Å². The van der Waals surface area contributed by atoms with Crippen LogP contribution in [0.4, 0.5) is 0 Å². The molecule has 0 unspecified atom stereocenters. The molecule has 4 aromatic rings. The Balaban J connectivity index is 1.84. The predicted octanol–water partition coefficient (Wildman–Crippen LogP) is 3.47. The molecule has 0 atom stereocenters. The second-order valence-electron chi connectivity index (χ2n) is 6.77. The number of nitrogens with zero attached hydrogens (tertiary/aromatic N) is 6. The van der Waals surface area contributed by atoms with E-state index in [0.717, 1.165) is 16.8 Å². The average molecular weight is 394 g/mol. The van der Waals surface area contributed by atoms with Gasteiger partial charge in [-0.1, -0.05) is 18.2 Å². The summed E-state index contributed by atoms with van der Waals surface area (Å²) in [4.78, 5) is 16.7. The third-order valence-electron chi connectivity index (χ3n) is 4.70. The summed E-state index contributed by atoms with van der Waals surface area (Å²) in [5.74, 6) is 0. The summed E-state index contributed by atoms with van der Waals surface area (Å²) in [7, 11) is 0. The zero-order valence-corrected chi connectivity index (χ0v) is 16.5. The molecule has 0 fully saturated rings. The SMILES string of the molecule is Cc1cc(C)n(N=Cc2cn(-c3ccccc3)nc2-c2ccncc2)c(=O)c1C#N. The number of hydrogen-bond acceptors (Lipinski definition) is 5. The van der Waals surface area contributed by atoms with E-state index in [9.17, 15) is 10.1 Å². The van der Waals surface area contributed by atoms with Crippen LogP contribution in [-0.2, 0) is 0 Å². The van der Waals surface area contributed by atoms with Crippen molar-refractivity contribution in [1.29, 1.82) is 5.26 Å². The molecule has 0 aliphatic heterocycles. The molecule has 146 valence electrons. The van der Waals surface area contributed by atoms with Crippen LogP contribution in [0.2, 0.25) is 0 Å². The highest BCUT2D eigenvalue weighted by Gasteiger charge is 2.13. The predicted molar refractivity (Wildman–Crippen MR) is 115 cm³/mol. The first kappa shape index (κ1) is 19.0. The van der Waals surface area contributed by atoms with Crippen LogP contribution in [0, 0.1) is 25.2 Å². The van der Waals surface area contributed by atoms with Crippen LogP contribution in [0.3, 0.4) is 0 Å². The van der Waals surface area contributed by atoms with Crippen molar-refractivity contribution in [3.05, 3.63) is 99.9 Å². The van der Waals surface area contributed by atoms with Gasteiger partial charge in [-0.25, -0.2) is 9.36 Å². The van der Waals surface area contributed by atoms with Crippen LogP contribution < -0.4 is 5.56 Å². The topological polar surface area (TPSA) is 88.9 Å². The quantitative estimate of drug-likeness (QED) is 0.496. The van der Waals surface area contributed by atoms with E-state index in [-0.39, 0.29) is 5.56 Å². The number of aromatic nitrogens is 4. The highest BCUT2D eigenvalue weighted by atomic mass is 16.1. The lowest BCUT2D eigenvalue weighted by Gasteiger charge is -2.06. The van der Waals surface area contributed by atoms with E-state index in [1.54, 1.807) is 43.2 Å². The summed E-state index contributed by atoms with van der Waals surface area (Å²) in [6.07, 6.45) is 6.85. The molecule has 0 spiro atoms. The molecule has 4 rings (SSSR count). The Hall–Kier alpha value is -4.31. The lowest BCUT2D eigenvalue weighted by molar-refractivity contribution is 0.786. The van der Waals surface area contributed by atoms with Crippen molar-refractivity contribution in [2.45, 2.75) is 13.8 Å². The first-order chi connectivity index (χ1) is 14.6. The first-order valence-corrected chi connectivity index (χ1v) is 9.31. The largest absolute Gasteiger partial charge is 0.289 e. The number of para-hydroxylation sites is 1. The fraction of sp³-hybridized carbons (Fsp3) is 0.0870. The molecule has 1 aromatic carbocycles. The van der Waals surface area contributed by atoms with Gasteiger partial charge in [0.05, 0.1) is 11.9 Å². The molecule has 0 amide bonds. The summed E-state index contributed by atoms with van der Waals surface area (Å²) < 4.78 is 3.00. The van der Waals surface area contributed by atoms with E-state index < -0.39 is 5.56 Å². The molecule has 3 heterocycles. The second-order valence-corrected chi connectivity index (χ2v) is 6.77. The normalized spacial score (nSPS) is 11.0. The summed E-state index contributed by atoms with van der Waals surface area (Å²) >= 11 is 0. The Morgan fingerprint density at radius 2 is 1.83 bits per heavy atom. The van der Waals surface area contributed by atoms with Gasteiger partial charge >= 0.3 is 0 Å². The van der Waals surface area contributed by atoms with Gasteiger partial charge < -0.3 is 0 Å². The maximum atomic E-state index is 12.6. The summed E-state index contributed by atoms with van der Waals surface area (Å²) in [5, 5.41) is 18.4. The smallest absolute Gasteiger partial charge is 0.266 e. The standard InChI is InChI=1S/C23H18N6O/c1-16-12-17(2)29(23(30)21(16)13-24)26-14-19-15-28(20-6-4-3-5-7-20)27-22(19)18-8-10-25-11-9-18/h3-12,14-15H,1-2H3. The van der Waals surface area contributed by atoms with Gasteiger partial charge in [0, 0.05) is 35.4 Å². The maximum Gasteiger partial charge on any atom is 0.289 e. The summed E-state index contributed by atoms with van der Waals surface area (Å²) in [5.41, 5.74) is 4.17. The molecule has 0 aliphatic carbocycles. The van der Waals surface area contributed by atoms with Crippen molar-refractivity contribution in [2.75, 3.05) is 0 Å². The average Bonchev–Trinajstić information content (AvgIpc) is 3.19. The van der Waals surface area contributed by atoms with Crippen LogP contribution in [0.25, 0.3) is 16.9 Å². The molecular weight excluding hydrogens is 376 g/mol. The van der Waals surface area contributed by atoms with Crippen LogP contribution in [0.1, 0.15) is 22.4 Å². The van der Waals surface area contributed by atoms with Gasteiger partial charge in [-0.3, -0.25) is 9.78 Å². The van der Waals surface area contributed by atoms with Gasteiger partial charge in [0.15, 0.2) is 0 Å². The zero-order valence-electron chi connectivity index (χ0n) is 16.5. The molecule has 30 heavy (non-hydrogen) atoms. The third-order valence-corrected chi connectivity index (χ3v) is 4.70. The summed E-state index contributed by atoms with van der Waals surface area (Å²) in [6, 6.07) is 17.2. The molecule has 3 aromatic heterocycles. The van der Waals surface area contributed by atoms with Crippen molar-refractivity contribution >= 4 is 6.21 Å². The zero-order chi connectivity index (χ0) is 21.1. The minimum Gasteiger partial charge on any atom is -0.266 e. The fourth-order valence-electron chi connectivity index (χ4n) is 3.21. The molecule has 0 saturated carbocycles. The van der Waals surface area contributed by atoms with E-state index in [1.165, 1.54) is 4.68 Å². The highest BCUT2D eigenvalue weighted by molar-refractivity contribution is 5.88.